The van der Waals surface area contributed by atoms with Crippen LogP contribution in [-0.2, 0) is 0 Å². The van der Waals surface area contributed by atoms with Gasteiger partial charge in [-0.3, -0.25) is 19.9 Å². The molecule has 8 nitrogen and oxygen atoms in total. The second-order valence-corrected chi connectivity index (χ2v) is 9.84. The molecule has 186 valence electrons. The van der Waals surface area contributed by atoms with Gasteiger partial charge in [0.2, 0.25) is 0 Å². The molecule has 0 fully saturated rings. The molecule has 2 aliphatic heterocycles. The van der Waals surface area contributed by atoms with Crippen molar-refractivity contribution >= 4 is 43.9 Å². The van der Waals surface area contributed by atoms with E-state index < -0.39 is 0 Å². The molecule has 0 saturated carbocycles. The molecule has 0 radical (unpaired) electrons. The molecule has 8 heteroatoms. The molecule has 0 unspecified atom stereocenters. The number of nitrogens with zero attached hydrogens (tertiary/aromatic N) is 6. The van der Waals surface area contributed by atoms with Crippen LogP contribution in [0.5, 0.6) is 0 Å². The maximum absolute atomic E-state index is 5.05. The molecule has 0 aromatic carbocycles. The summed E-state index contributed by atoms with van der Waals surface area (Å²) in [5.41, 5.74) is 12.1. The third-order valence-corrected chi connectivity index (χ3v) is 7.50. The monoisotopic (exact) mass is 514 g/mol. The van der Waals surface area contributed by atoms with Crippen LogP contribution >= 0.6 is 0 Å². The van der Waals surface area contributed by atoms with Crippen LogP contribution in [0, 0.1) is 0 Å². The van der Waals surface area contributed by atoms with Crippen LogP contribution in [-0.4, -0.2) is 39.9 Å². The van der Waals surface area contributed by atoms with Crippen molar-refractivity contribution in [1.82, 2.24) is 39.9 Å². The van der Waals surface area contributed by atoms with Crippen molar-refractivity contribution in [2.45, 2.75) is 0 Å². The summed E-state index contributed by atoms with van der Waals surface area (Å²) in [5.74, 6) is 0. The summed E-state index contributed by atoms with van der Waals surface area (Å²) in [6, 6.07) is 24.2. The first-order valence-electron chi connectivity index (χ1n) is 13.0. The zero-order chi connectivity index (χ0) is 26.2. The normalized spacial score (nSPS) is 12.0. The van der Waals surface area contributed by atoms with Crippen LogP contribution < -0.4 is 0 Å². The number of pyridine rings is 4. The van der Waals surface area contributed by atoms with Crippen LogP contribution in [0.15, 0.2) is 97.6 Å². The largest absolute Gasteiger partial charge is 0.353 e. The Bertz CT molecular complexity index is 2030. The van der Waals surface area contributed by atoms with Crippen molar-refractivity contribution in [2.24, 2.45) is 0 Å². The Morgan fingerprint density at radius 3 is 1.35 bits per heavy atom. The molecule has 0 amide bonds. The molecule has 2 aliphatic rings. The Morgan fingerprint density at radius 2 is 0.850 bits per heavy atom. The van der Waals surface area contributed by atoms with Gasteiger partial charge in [-0.1, -0.05) is 0 Å². The SMILES string of the molecule is c1cnc2c(c1)-c1cc3[nH]c(cc4nc(cc5[nH]c(cc-2n1)c1ncccc51)-c1cccnc1-4)c1ncccc31. The van der Waals surface area contributed by atoms with Gasteiger partial charge in [0.1, 0.15) is 0 Å². The summed E-state index contributed by atoms with van der Waals surface area (Å²) in [7, 11) is 0. The fraction of sp³-hybridized carbons (Fsp3) is 0. The standard InChI is InChI=1S/C32H18N8/c1-5-17-21-13-22-18-6-2-10-34-30(18)27(38-22)16-28-32-20(8-4-12-36-32)24(40-28)14-23-19-7-3-11-35-31(19)26(39-23)15-25(37-21)29(17)33-9-1/h1-16,37,40H. The Balaban J connectivity index is 1.51. The number of H-pyrrole nitrogens is 2. The first kappa shape index (κ1) is 21.2. The third-order valence-electron chi connectivity index (χ3n) is 7.50. The van der Waals surface area contributed by atoms with E-state index >= 15 is 0 Å². The third kappa shape index (κ3) is 3.01. The zero-order valence-corrected chi connectivity index (χ0v) is 20.9. The van der Waals surface area contributed by atoms with Crippen molar-refractivity contribution in [3.05, 3.63) is 97.6 Å². The van der Waals surface area contributed by atoms with E-state index in [-0.39, 0.29) is 0 Å². The molecular weight excluding hydrogens is 496 g/mol. The van der Waals surface area contributed by atoms with E-state index in [1.807, 2.05) is 48.8 Å². The summed E-state index contributed by atoms with van der Waals surface area (Å²) in [4.78, 5) is 36.1. The fourth-order valence-electron chi connectivity index (χ4n) is 5.74. The number of hydrogen-bond donors (Lipinski definition) is 2. The average molecular weight is 515 g/mol. The predicted octanol–water partition coefficient (Wildman–Crippen LogP) is 6.87. The van der Waals surface area contributed by atoms with Gasteiger partial charge in [-0.15, -0.1) is 0 Å². The molecule has 0 spiro atoms. The predicted molar refractivity (Wildman–Crippen MR) is 156 cm³/mol. The second kappa shape index (κ2) is 7.87. The van der Waals surface area contributed by atoms with E-state index in [1.165, 1.54) is 0 Å². The maximum atomic E-state index is 5.05. The first-order chi connectivity index (χ1) is 19.8. The highest BCUT2D eigenvalue weighted by Crippen LogP contribution is 2.38. The molecule has 40 heavy (non-hydrogen) atoms. The van der Waals surface area contributed by atoms with Crippen LogP contribution in [0.3, 0.4) is 0 Å². The molecule has 7 aromatic heterocycles. The minimum absolute atomic E-state index is 0.776. The lowest BCUT2D eigenvalue weighted by atomic mass is 10.1. The summed E-state index contributed by atoms with van der Waals surface area (Å²) >= 11 is 0. The van der Waals surface area contributed by atoms with Gasteiger partial charge in [0.15, 0.2) is 0 Å². The van der Waals surface area contributed by atoms with E-state index in [2.05, 4.69) is 46.4 Å². The van der Waals surface area contributed by atoms with Crippen molar-refractivity contribution in [3.8, 4) is 45.3 Å². The number of nitrogens with one attached hydrogen (secondary N) is 2. The number of aromatic amines is 2. The molecular formula is C32H18N8. The van der Waals surface area contributed by atoms with Gasteiger partial charge in [0.25, 0.3) is 0 Å². The minimum Gasteiger partial charge on any atom is -0.353 e. The van der Waals surface area contributed by atoms with Gasteiger partial charge in [0.05, 0.1) is 67.3 Å². The molecule has 9 heterocycles. The number of hydrogen-bond acceptors (Lipinski definition) is 6. The van der Waals surface area contributed by atoms with Gasteiger partial charge < -0.3 is 9.97 Å². The van der Waals surface area contributed by atoms with Crippen LogP contribution in [0.1, 0.15) is 0 Å². The van der Waals surface area contributed by atoms with Crippen molar-refractivity contribution in [1.29, 1.82) is 0 Å². The summed E-state index contributed by atoms with van der Waals surface area (Å²) in [6.07, 6.45) is 7.22. The van der Waals surface area contributed by atoms with Crippen molar-refractivity contribution in [3.63, 3.8) is 0 Å². The van der Waals surface area contributed by atoms with Crippen molar-refractivity contribution < 1.29 is 0 Å². The highest BCUT2D eigenvalue weighted by atomic mass is 14.9. The summed E-state index contributed by atoms with van der Waals surface area (Å²) in [5, 5.41) is 2.01. The van der Waals surface area contributed by atoms with E-state index in [0.717, 1.165) is 89.2 Å². The molecule has 9 rings (SSSR count). The van der Waals surface area contributed by atoms with Gasteiger partial charge in [0, 0.05) is 46.7 Å². The van der Waals surface area contributed by atoms with E-state index in [4.69, 9.17) is 29.9 Å². The Hall–Kier alpha value is -5.76. The lowest BCUT2D eigenvalue weighted by Crippen LogP contribution is -1.81. The van der Waals surface area contributed by atoms with Gasteiger partial charge in [-0.05, 0) is 72.8 Å². The lowest BCUT2D eigenvalue weighted by Gasteiger charge is -1.96. The van der Waals surface area contributed by atoms with Gasteiger partial charge in [-0.2, -0.15) is 0 Å². The fourth-order valence-corrected chi connectivity index (χ4v) is 5.74. The Morgan fingerprint density at radius 1 is 0.425 bits per heavy atom. The van der Waals surface area contributed by atoms with Crippen LogP contribution in [0.4, 0.5) is 0 Å². The smallest absolute Gasteiger partial charge is 0.0981 e. The maximum Gasteiger partial charge on any atom is 0.0981 e. The quantitative estimate of drug-likeness (QED) is 0.229. The topological polar surface area (TPSA) is 109 Å². The zero-order valence-electron chi connectivity index (χ0n) is 20.9. The summed E-state index contributed by atoms with van der Waals surface area (Å²) in [6.45, 7) is 0. The summed E-state index contributed by atoms with van der Waals surface area (Å²) < 4.78 is 0. The molecule has 2 N–H and O–H groups in total. The van der Waals surface area contributed by atoms with E-state index in [9.17, 15) is 0 Å². The highest BCUT2D eigenvalue weighted by Gasteiger charge is 2.20. The molecule has 0 aliphatic carbocycles. The minimum atomic E-state index is 0.776. The van der Waals surface area contributed by atoms with Crippen LogP contribution in [0.2, 0.25) is 0 Å². The number of rotatable bonds is 0. The molecule has 0 atom stereocenters. The molecule has 8 bridgehead atoms. The highest BCUT2D eigenvalue weighted by molar-refractivity contribution is 6.07. The van der Waals surface area contributed by atoms with E-state index in [0.29, 0.717) is 0 Å². The van der Waals surface area contributed by atoms with Crippen molar-refractivity contribution in [2.75, 3.05) is 0 Å². The molecule has 7 aromatic rings. The second-order valence-electron chi connectivity index (χ2n) is 9.84. The molecule has 0 saturated heterocycles. The average Bonchev–Trinajstić information content (AvgIpc) is 3.73. The van der Waals surface area contributed by atoms with Crippen LogP contribution in [0.25, 0.3) is 89.2 Å². The van der Waals surface area contributed by atoms with E-state index in [1.54, 1.807) is 12.4 Å². The van der Waals surface area contributed by atoms with Gasteiger partial charge in [-0.25, -0.2) is 9.97 Å². The Labute approximate surface area is 226 Å². The van der Waals surface area contributed by atoms with Gasteiger partial charge >= 0.3 is 0 Å². The number of aromatic nitrogens is 8. The number of fused-ring (bicyclic) bond motifs is 20. The lowest BCUT2D eigenvalue weighted by molar-refractivity contribution is 1.32. The first-order valence-corrected chi connectivity index (χ1v) is 13.0. The Kier molecular flexibility index (Phi) is 4.17.